The van der Waals surface area contributed by atoms with E-state index in [-0.39, 0.29) is 23.2 Å². The molecule has 1 fully saturated rings. The monoisotopic (exact) mass is 527 g/mol. The Labute approximate surface area is 216 Å². The summed E-state index contributed by atoms with van der Waals surface area (Å²) in [7, 11) is -3.98. The van der Waals surface area contributed by atoms with E-state index in [2.05, 4.69) is 10.0 Å². The summed E-state index contributed by atoms with van der Waals surface area (Å²) in [6, 6.07) is 18.4. The average Bonchev–Trinajstić information content (AvgIpc) is 2.88. The molecule has 1 aliphatic rings. The molecule has 0 bridgehead atoms. The third-order valence-electron chi connectivity index (χ3n) is 6.42. The second-order valence-electron chi connectivity index (χ2n) is 9.10. The van der Waals surface area contributed by atoms with Gasteiger partial charge in [-0.15, -0.1) is 0 Å². The molecule has 2 atom stereocenters. The van der Waals surface area contributed by atoms with Gasteiger partial charge in [-0.2, -0.15) is 4.72 Å². The molecule has 5 N–H and O–H groups in total. The van der Waals surface area contributed by atoms with Crippen molar-refractivity contribution in [3.8, 4) is 0 Å². The lowest BCUT2D eigenvalue weighted by Gasteiger charge is -2.33. The molecule has 190 valence electrons. The second kappa shape index (κ2) is 11.3. The van der Waals surface area contributed by atoms with Crippen LogP contribution in [0.25, 0.3) is 10.8 Å². The van der Waals surface area contributed by atoms with Gasteiger partial charge in [0.2, 0.25) is 15.9 Å². The second-order valence-corrected chi connectivity index (χ2v) is 11.2. The van der Waals surface area contributed by atoms with Crippen molar-refractivity contribution in [3.05, 3.63) is 77.3 Å². The van der Waals surface area contributed by atoms with Crippen LogP contribution in [0.3, 0.4) is 0 Å². The first-order valence-corrected chi connectivity index (χ1v) is 13.7. The van der Waals surface area contributed by atoms with Crippen molar-refractivity contribution in [2.75, 3.05) is 19.6 Å². The van der Waals surface area contributed by atoms with Crippen LogP contribution in [0.1, 0.15) is 18.4 Å². The number of fused-ring (bicyclic) bond motifs is 1. The number of carbonyl (C=O) groups is 1. The summed E-state index contributed by atoms with van der Waals surface area (Å²) in [5, 5.41) is 12.9. The number of benzene rings is 3. The van der Waals surface area contributed by atoms with E-state index in [4.69, 9.17) is 22.7 Å². The average molecular weight is 528 g/mol. The van der Waals surface area contributed by atoms with E-state index in [1.54, 1.807) is 47.4 Å². The highest BCUT2D eigenvalue weighted by molar-refractivity contribution is 7.89. The van der Waals surface area contributed by atoms with Gasteiger partial charge in [-0.3, -0.25) is 10.2 Å². The van der Waals surface area contributed by atoms with Gasteiger partial charge in [0.25, 0.3) is 0 Å². The number of piperidine rings is 1. The lowest BCUT2D eigenvalue weighted by Crippen LogP contribution is -2.51. The quantitative estimate of drug-likeness (QED) is 0.264. The van der Waals surface area contributed by atoms with E-state index in [1.165, 1.54) is 0 Å². The van der Waals surface area contributed by atoms with Crippen LogP contribution in [-0.4, -0.2) is 50.9 Å². The number of likely N-dealkylation sites (tertiary alicyclic amines) is 1. The predicted molar refractivity (Wildman–Crippen MR) is 142 cm³/mol. The summed E-state index contributed by atoms with van der Waals surface area (Å²) in [6.07, 6.45) is 1.94. The maximum atomic E-state index is 13.3. The molecule has 0 radical (unpaired) electrons. The molecule has 1 heterocycles. The van der Waals surface area contributed by atoms with Crippen LogP contribution < -0.4 is 15.8 Å². The molecule has 36 heavy (non-hydrogen) atoms. The summed E-state index contributed by atoms with van der Waals surface area (Å²) < 4.78 is 29.2. The van der Waals surface area contributed by atoms with Crippen LogP contribution in [0.15, 0.2) is 71.6 Å². The third kappa shape index (κ3) is 6.54. The lowest BCUT2D eigenvalue weighted by molar-refractivity contribution is -0.122. The van der Waals surface area contributed by atoms with Crippen LogP contribution >= 0.6 is 11.6 Å². The first-order valence-electron chi connectivity index (χ1n) is 11.8. The minimum absolute atomic E-state index is 0.0230. The van der Waals surface area contributed by atoms with E-state index in [0.717, 1.165) is 35.7 Å². The van der Waals surface area contributed by atoms with Gasteiger partial charge < -0.3 is 16.0 Å². The van der Waals surface area contributed by atoms with Gasteiger partial charge in [-0.05, 0) is 65.8 Å². The number of hydrogen-bond donors (Lipinski definition) is 4. The number of rotatable bonds is 8. The molecule has 8 nitrogen and oxygen atoms in total. The minimum atomic E-state index is -3.98. The Morgan fingerprint density at radius 1 is 1.11 bits per heavy atom. The van der Waals surface area contributed by atoms with Gasteiger partial charge in [-0.1, -0.05) is 54.1 Å². The fraction of sp³-hybridized carbons (Fsp3) is 0.308. The topological polar surface area (TPSA) is 128 Å². The van der Waals surface area contributed by atoms with Crippen molar-refractivity contribution in [1.29, 1.82) is 5.41 Å². The Hall–Kier alpha value is -3.14. The van der Waals surface area contributed by atoms with Crippen molar-refractivity contribution in [3.63, 3.8) is 0 Å². The summed E-state index contributed by atoms with van der Waals surface area (Å²) >= 11 is 6.00. The highest BCUT2D eigenvalue weighted by Crippen LogP contribution is 2.20. The number of nitrogens with one attached hydrogen (secondary N) is 3. The zero-order valence-electron chi connectivity index (χ0n) is 19.8. The minimum Gasteiger partial charge on any atom is -0.370 e. The molecule has 3 aromatic rings. The van der Waals surface area contributed by atoms with Crippen molar-refractivity contribution < 1.29 is 13.2 Å². The van der Waals surface area contributed by atoms with Gasteiger partial charge >= 0.3 is 0 Å². The molecule has 1 aliphatic heterocycles. The van der Waals surface area contributed by atoms with Crippen LogP contribution in [0.4, 0.5) is 0 Å². The number of guanidine groups is 1. The first-order chi connectivity index (χ1) is 17.2. The van der Waals surface area contributed by atoms with Crippen molar-refractivity contribution in [1.82, 2.24) is 14.9 Å². The maximum Gasteiger partial charge on any atom is 0.241 e. The zero-order chi connectivity index (χ0) is 25.7. The molecule has 1 unspecified atom stereocenters. The predicted octanol–water partition coefficient (Wildman–Crippen LogP) is 3.10. The van der Waals surface area contributed by atoms with Crippen LogP contribution in [0.5, 0.6) is 0 Å². The molecule has 0 saturated carbocycles. The number of sulfonamides is 1. The largest absolute Gasteiger partial charge is 0.370 e. The number of halogens is 1. The highest BCUT2D eigenvalue weighted by Gasteiger charge is 2.28. The summed E-state index contributed by atoms with van der Waals surface area (Å²) in [5.41, 5.74) is 6.40. The zero-order valence-corrected chi connectivity index (χ0v) is 21.4. The van der Waals surface area contributed by atoms with Crippen LogP contribution in [0.2, 0.25) is 5.02 Å². The van der Waals surface area contributed by atoms with Gasteiger partial charge in [-0.25, -0.2) is 8.42 Å². The molecule has 0 spiro atoms. The molecule has 0 aliphatic carbocycles. The van der Waals surface area contributed by atoms with Gasteiger partial charge in [0.15, 0.2) is 5.96 Å². The number of amides is 1. The standard InChI is InChI=1S/C26H30ClN5O3S/c27-22-10-7-18(8-11-22)14-24(25(33)30-16-19-4-3-13-32(17-19)26(28)29)31-36(34,35)23-12-9-20-5-1-2-6-21(20)15-23/h1-2,5-12,15,19,24,31H,3-4,13-14,16-17H2,(H3,28,29)(H,30,33)/t19?,24-/m1/s1. The fourth-order valence-electron chi connectivity index (χ4n) is 4.45. The first kappa shape index (κ1) is 25.9. The smallest absolute Gasteiger partial charge is 0.241 e. The summed E-state index contributed by atoms with van der Waals surface area (Å²) in [6.45, 7) is 1.68. The number of nitrogens with zero attached hydrogens (tertiary/aromatic N) is 1. The van der Waals surface area contributed by atoms with Gasteiger partial charge in [0, 0.05) is 24.7 Å². The number of carbonyl (C=O) groups excluding carboxylic acids is 1. The molecular formula is C26H30ClN5O3S. The third-order valence-corrected chi connectivity index (χ3v) is 8.14. The Bertz CT molecular complexity index is 1350. The van der Waals surface area contributed by atoms with Crippen LogP contribution in [0, 0.1) is 11.3 Å². The molecule has 0 aromatic heterocycles. The summed E-state index contributed by atoms with van der Waals surface area (Å²) in [5.74, 6) is -0.260. The molecule has 10 heteroatoms. The SMILES string of the molecule is N=C(N)N1CCCC(CNC(=O)[C@@H](Cc2ccc(Cl)cc2)NS(=O)(=O)c2ccc3ccccc3c2)C1. The number of nitrogens with two attached hydrogens (primary N) is 1. The van der Waals surface area contributed by atoms with Gasteiger partial charge in [0.05, 0.1) is 4.90 Å². The Morgan fingerprint density at radius 3 is 2.56 bits per heavy atom. The lowest BCUT2D eigenvalue weighted by atomic mass is 9.98. The fourth-order valence-corrected chi connectivity index (χ4v) is 5.81. The van der Waals surface area contributed by atoms with Crippen molar-refractivity contribution in [2.45, 2.75) is 30.2 Å². The van der Waals surface area contributed by atoms with E-state index in [0.29, 0.717) is 18.1 Å². The highest BCUT2D eigenvalue weighted by atomic mass is 35.5. The summed E-state index contributed by atoms with van der Waals surface area (Å²) in [4.78, 5) is 15.1. The van der Waals surface area contributed by atoms with Crippen molar-refractivity contribution >= 4 is 44.3 Å². The van der Waals surface area contributed by atoms with Gasteiger partial charge in [0.1, 0.15) is 6.04 Å². The van der Waals surface area contributed by atoms with E-state index >= 15 is 0 Å². The Morgan fingerprint density at radius 2 is 1.83 bits per heavy atom. The van der Waals surface area contributed by atoms with E-state index in [9.17, 15) is 13.2 Å². The molecule has 3 aromatic carbocycles. The Kier molecular flexibility index (Phi) is 8.13. The molecular weight excluding hydrogens is 498 g/mol. The molecule has 1 saturated heterocycles. The number of hydrogen-bond acceptors (Lipinski definition) is 4. The Balaban J connectivity index is 1.51. The van der Waals surface area contributed by atoms with E-state index < -0.39 is 22.0 Å². The maximum absolute atomic E-state index is 13.3. The van der Waals surface area contributed by atoms with Crippen molar-refractivity contribution in [2.24, 2.45) is 11.7 Å². The van der Waals surface area contributed by atoms with E-state index in [1.807, 2.05) is 24.3 Å². The molecule has 1 amide bonds. The van der Waals surface area contributed by atoms with Crippen LogP contribution in [-0.2, 0) is 21.2 Å². The molecule has 4 rings (SSSR count). The normalized spacial score (nSPS) is 17.0.